The zero-order chi connectivity index (χ0) is 14.1. The molecule has 1 aliphatic rings. The number of nitrogens with two attached hydrogens (primary N) is 1. The predicted octanol–water partition coefficient (Wildman–Crippen LogP) is 3.51. The highest BCUT2D eigenvalue weighted by Crippen LogP contribution is 2.42. The molecule has 1 saturated carbocycles. The minimum absolute atomic E-state index is 0.199. The lowest BCUT2D eigenvalue weighted by Gasteiger charge is -2.54. The molecule has 1 fully saturated rings. The first-order valence-corrected chi connectivity index (χ1v) is 7.58. The molecule has 4 unspecified atom stereocenters. The quantitative estimate of drug-likeness (QED) is 0.835. The van der Waals surface area contributed by atoms with Gasteiger partial charge in [-0.2, -0.15) is 0 Å². The van der Waals surface area contributed by atoms with E-state index in [0.717, 1.165) is 12.5 Å². The van der Waals surface area contributed by atoms with Crippen LogP contribution in [0.1, 0.15) is 60.8 Å². The van der Waals surface area contributed by atoms with Gasteiger partial charge in [0.05, 0.1) is 0 Å². The first-order chi connectivity index (χ1) is 8.15. The van der Waals surface area contributed by atoms with Crippen LogP contribution in [0.2, 0.25) is 0 Å². The maximum atomic E-state index is 6.23. The lowest BCUT2D eigenvalue weighted by molar-refractivity contribution is -0.0372. The molecule has 0 amide bonds. The van der Waals surface area contributed by atoms with Crippen LogP contribution in [0.15, 0.2) is 0 Å². The molecule has 4 atom stereocenters. The van der Waals surface area contributed by atoms with E-state index in [-0.39, 0.29) is 5.54 Å². The van der Waals surface area contributed by atoms with Gasteiger partial charge in [-0.25, -0.2) is 0 Å². The zero-order valence-corrected chi connectivity index (χ0v) is 13.6. The Morgan fingerprint density at radius 3 is 2.28 bits per heavy atom. The molecule has 1 aliphatic carbocycles. The lowest BCUT2D eigenvalue weighted by atomic mass is 9.67. The Morgan fingerprint density at radius 1 is 1.28 bits per heavy atom. The number of hydrogen-bond acceptors (Lipinski definition) is 2. The summed E-state index contributed by atoms with van der Waals surface area (Å²) in [5.74, 6) is 1.51. The Hall–Kier alpha value is -0.0800. The average Bonchev–Trinajstić information content (AvgIpc) is 2.29. The van der Waals surface area contributed by atoms with Gasteiger partial charge >= 0.3 is 0 Å². The van der Waals surface area contributed by atoms with Crippen molar-refractivity contribution in [3.63, 3.8) is 0 Å². The molecule has 0 saturated heterocycles. The fourth-order valence-electron chi connectivity index (χ4n) is 3.60. The van der Waals surface area contributed by atoms with E-state index in [1.165, 1.54) is 19.3 Å². The van der Waals surface area contributed by atoms with Crippen molar-refractivity contribution in [3.8, 4) is 0 Å². The largest absolute Gasteiger partial charge is 0.329 e. The third-order valence-corrected chi connectivity index (χ3v) is 5.60. The number of nitrogens with zero attached hydrogens (tertiary/aromatic N) is 1. The van der Waals surface area contributed by atoms with Crippen LogP contribution >= 0.6 is 0 Å². The Morgan fingerprint density at radius 2 is 1.83 bits per heavy atom. The summed E-state index contributed by atoms with van der Waals surface area (Å²) >= 11 is 0. The van der Waals surface area contributed by atoms with E-state index in [4.69, 9.17) is 5.73 Å². The van der Waals surface area contributed by atoms with Gasteiger partial charge in [0.2, 0.25) is 0 Å². The zero-order valence-electron chi connectivity index (χ0n) is 13.6. The van der Waals surface area contributed by atoms with E-state index in [9.17, 15) is 0 Å². The molecule has 0 bridgehead atoms. The molecule has 18 heavy (non-hydrogen) atoms. The molecule has 0 aliphatic heterocycles. The van der Waals surface area contributed by atoms with Crippen molar-refractivity contribution in [2.75, 3.05) is 13.6 Å². The molecule has 2 heteroatoms. The van der Waals surface area contributed by atoms with Crippen LogP contribution in [0, 0.1) is 17.3 Å². The van der Waals surface area contributed by atoms with E-state index in [2.05, 4.69) is 53.5 Å². The number of rotatable bonds is 3. The molecular formula is C16H34N2. The van der Waals surface area contributed by atoms with Crippen molar-refractivity contribution >= 4 is 0 Å². The van der Waals surface area contributed by atoms with Crippen LogP contribution in [0.3, 0.4) is 0 Å². The standard InChI is InChI=1S/C16H34N2/c1-12-8-9-13(2)16(10-12,11-17)18(7)14(3)15(4,5)6/h12-14H,8-11,17H2,1-7H3. The van der Waals surface area contributed by atoms with Crippen molar-refractivity contribution in [2.45, 2.75) is 72.4 Å². The second kappa shape index (κ2) is 5.50. The van der Waals surface area contributed by atoms with Crippen molar-refractivity contribution in [3.05, 3.63) is 0 Å². The van der Waals surface area contributed by atoms with Gasteiger partial charge in [0.1, 0.15) is 0 Å². The summed E-state index contributed by atoms with van der Waals surface area (Å²) in [6.45, 7) is 14.9. The Labute approximate surface area is 114 Å². The normalized spacial score (nSPS) is 35.8. The average molecular weight is 254 g/mol. The molecule has 2 N–H and O–H groups in total. The first-order valence-electron chi connectivity index (χ1n) is 7.58. The van der Waals surface area contributed by atoms with Crippen molar-refractivity contribution in [1.29, 1.82) is 0 Å². The fraction of sp³-hybridized carbons (Fsp3) is 1.00. The summed E-state index contributed by atoms with van der Waals surface area (Å²) in [7, 11) is 2.29. The minimum Gasteiger partial charge on any atom is -0.329 e. The van der Waals surface area contributed by atoms with Crippen LogP contribution in [-0.2, 0) is 0 Å². The summed E-state index contributed by atoms with van der Waals surface area (Å²) in [4.78, 5) is 2.59. The van der Waals surface area contributed by atoms with Gasteiger partial charge in [-0.1, -0.05) is 41.0 Å². The molecule has 0 heterocycles. The highest BCUT2D eigenvalue weighted by atomic mass is 15.2. The molecule has 0 aromatic carbocycles. The molecule has 0 radical (unpaired) electrons. The number of likely N-dealkylation sites (N-methyl/N-ethyl adjacent to an activating group) is 1. The van der Waals surface area contributed by atoms with Gasteiger partial charge in [-0.3, -0.25) is 4.90 Å². The second-order valence-electron chi connectivity index (χ2n) is 7.75. The van der Waals surface area contributed by atoms with E-state index in [1.807, 2.05) is 0 Å². The van der Waals surface area contributed by atoms with E-state index < -0.39 is 0 Å². The highest BCUT2D eigenvalue weighted by molar-refractivity contribution is 5.01. The summed E-state index contributed by atoms with van der Waals surface area (Å²) in [6.07, 6.45) is 3.93. The highest BCUT2D eigenvalue weighted by Gasteiger charge is 2.45. The van der Waals surface area contributed by atoms with E-state index >= 15 is 0 Å². The molecule has 2 nitrogen and oxygen atoms in total. The SMILES string of the molecule is CC1CCC(C)C(CN)(N(C)C(C)C(C)(C)C)C1. The predicted molar refractivity (Wildman–Crippen MR) is 80.6 cm³/mol. The van der Waals surface area contributed by atoms with E-state index in [0.29, 0.717) is 17.4 Å². The first kappa shape index (κ1) is 16.0. The van der Waals surface area contributed by atoms with Crippen molar-refractivity contribution < 1.29 is 0 Å². The summed E-state index contributed by atoms with van der Waals surface area (Å²) in [6, 6.07) is 0.550. The summed E-state index contributed by atoms with van der Waals surface area (Å²) in [5, 5.41) is 0. The Bertz CT molecular complexity index is 269. The maximum Gasteiger partial charge on any atom is 0.0359 e. The minimum atomic E-state index is 0.199. The van der Waals surface area contributed by atoms with Crippen molar-refractivity contribution in [2.24, 2.45) is 23.0 Å². The van der Waals surface area contributed by atoms with Crippen molar-refractivity contribution in [1.82, 2.24) is 4.90 Å². The number of hydrogen-bond donors (Lipinski definition) is 1. The smallest absolute Gasteiger partial charge is 0.0359 e. The van der Waals surface area contributed by atoms with Crippen LogP contribution in [-0.4, -0.2) is 30.1 Å². The fourth-order valence-corrected chi connectivity index (χ4v) is 3.60. The van der Waals surface area contributed by atoms with Crippen LogP contribution < -0.4 is 5.73 Å². The molecule has 1 rings (SSSR count). The van der Waals surface area contributed by atoms with Gasteiger partial charge in [-0.05, 0) is 44.1 Å². The van der Waals surface area contributed by atoms with Gasteiger partial charge in [-0.15, -0.1) is 0 Å². The van der Waals surface area contributed by atoms with E-state index in [1.54, 1.807) is 0 Å². The van der Waals surface area contributed by atoms with Gasteiger partial charge in [0, 0.05) is 18.1 Å². The lowest BCUT2D eigenvalue weighted by Crippen LogP contribution is -2.63. The molecular weight excluding hydrogens is 220 g/mol. The van der Waals surface area contributed by atoms with Gasteiger partial charge in [0.15, 0.2) is 0 Å². The second-order valence-corrected chi connectivity index (χ2v) is 7.75. The van der Waals surface area contributed by atoms with Gasteiger partial charge < -0.3 is 5.73 Å². The Kier molecular flexibility index (Phi) is 4.88. The summed E-state index contributed by atoms with van der Waals surface area (Å²) < 4.78 is 0. The summed E-state index contributed by atoms with van der Waals surface area (Å²) in [5.41, 5.74) is 6.73. The van der Waals surface area contributed by atoms with Crippen LogP contribution in [0.5, 0.6) is 0 Å². The maximum absolute atomic E-state index is 6.23. The monoisotopic (exact) mass is 254 g/mol. The third kappa shape index (κ3) is 2.91. The molecule has 0 aromatic heterocycles. The molecule has 0 spiro atoms. The molecule has 0 aromatic rings. The molecule has 108 valence electrons. The van der Waals surface area contributed by atoms with Crippen LogP contribution in [0.4, 0.5) is 0 Å². The Balaban J connectivity index is 2.99. The van der Waals surface area contributed by atoms with Crippen LogP contribution in [0.25, 0.3) is 0 Å². The van der Waals surface area contributed by atoms with Gasteiger partial charge in [0.25, 0.3) is 0 Å². The topological polar surface area (TPSA) is 29.3 Å². The third-order valence-electron chi connectivity index (χ3n) is 5.60.